The Labute approximate surface area is 80.5 Å². The molecule has 0 aromatic carbocycles. The summed E-state index contributed by atoms with van der Waals surface area (Å²) < 4.78 is 0. The van der Waals surface area contributed by atoms with Gasteiger partial charge in [-0.2, -0.15) is 0 Å². The van der Waals surface area contributed by atoms with E-state index in [1.807, 2.05) is 11.8 Å². The normalized spacial score (nSPS) is 20.7. The zero-order valence-corrected chi connectivity index (χ0v) is 8.89. The summed E-state index contributed by atoms with van der Waals surface area (Å²) in [6, 6.07) is 0. The van der Waals surface area contributed by atoms with Gasteiger partial charge in [-0.05, 0) is 33.2 Å². The molecule has 0 saturated carbocycles. The van der Waals surface area contributed by atoms with E-state index in [9.17, 15) is 4.79 Å². The molecule has 1 heterocycles. The summed E-state index contributed by atoms with van der Waals surface area (Å²) in [5, 5.41) is 3.07. The number of rotatable bonds is 3. The molecular weight excluding hydrogens is 164 g/mol. The number of carbonyl (C=O) groups excluding carboxylic acids is 1. The van der Waals surface area contributed by atoms with Crippen LogP contribution in [0.25, 0.3) is 0 Å². The number of nitrogens with zero attached hydrogens (tertiary/aromatic N) is 1. The van der Waals surface area contributed by atoms with E-state index in [0.29, 0.717) is 6.54 Å². The molecule has 1 aliphatic heterocycles. The molecule has 0 unspecified atom stereocenters. The van der Waals surface area contributed by atoms with Gasteiger partial charge in [0, 0.05) is 12.1 Å². The average molecular weight is 184 g/mol. The van der Waals surface area contributed by atoms with Crippen molar-refractivity contribution >= 4 is 5.91 Å². The summed E-state index contributed by atoms with van der Waals surface area (Å²) in [7, 11) is 0. The molecule has 1 amide bonds. The van der Waals surface area contributed by atoms with E-state index in [1.165, 1.54) is 0 Å². The first-order valence-electron chi connectivity index (χ1n) is 5.09. The smallest absolute Gasteiger partial charge is 0.236 e. The third-order valence-electron chi connectivity index (χ3n) is 2.73. The summed E-state index contributed by atoms with van der Waals surface area (Å²) in [5.74, 6) is 0.240. The maximum atomic E-state index is 11.7. The maximum Gasteiger partial charge on any atom is 0.236 e. The molecule has 0 radical (unpaired) electrons. The molecule has 1 fully saturated rings. The number of nitrogens with one attached hydrogen (secondary N) is 1. The van der Waals surface area contributed by atoms with Crippen LogP contribution in [0, 0.1) is 0 Å². The largest absolute Gasteiger partial charge is 0.336 e. The molecule has 0 aromatic rings. The van der Waals surface area contributed by atoms with Gasteiger partial charge in [0.15, 0.2) is 0 Å². The lowest BCUT2D eigenvalue weighted by molar-refractivity contribution is -0.133. The summed E-state index contributed by atoms with van der Waals surface area (Å²) in [5.41, 5.74) is 0.0759. The molecule has 0 spiro atoms. The molecule has 1 aliphatic rings. The van der Waals surface area contributed by atoms with Gasteiger partial charge in [0.2, 0.25) is 5.91 Å². The molecule has 1 rings (SSSR count). The second-order valence-corrected chi connectivity index (χ2v) is 4.24. The number of hydrogen-bond acceptors (Lipinski definition) is 2. The van der Waals surface area contributed by atoms with Crippen molar-refractivity contribution in [3.8, 4) is 0 Å². The van der Waals surface area contributed by atoms with E-state index in [0.717, 1.165) is 25.9 Å². The van der Waals surface area contributed by atoms with Gasteiger partial charge in [-0.15, -0.1) is 0 Å². The molecule has 0 atom stereocenters. The van der Waals surface area contributed by atoms with Crippen molar-refractivity contribution in [1.29, 1.82) is 0 Å². The fourth-order valence-electron chi connectivity index (χ4n) is 1.90. The van der Waals surface area contributed by atoms with Crippen LogP contribution >= 0.6 is 0 Å². The maximum absolute atomic E-state index is 11.7. The van der Waals surface area contributed by atoms with Gasteiger partial charge in [-0.25, -0.2) is 0 Å². The number of amides is 1. The van der Waals surface area contributed by atoms with Gasteiger partial charge in [0.25, 0.3) is 0 Å². The lowest BCUT2D eigenvalue weighted by atomic mass is 10.0. The zero-order valence-electron chi connectivity index (χ0n) is 8.89. The van der Waals surface area contributed by atoms with Crippen LogP contribution in [0.4, 0.5) is 0 Å². The van der Waals surface area contributed by atoms with Crippen molar-refractivity contribution in [1.82, 2.24) is 10.2 Å². The molecule has 13 heavy (non-hydrogen) atoms. The molecule has 0 aromatic heterocycles. The highest BCUT2D eigenvalue weighted by Crippen LogP contribution is 2.27. The fraction of sp³-hybridized carbons (Fsp3) is 0.900. The molecule has 0 bridgehead atoms. The lowest BCUT2D eigenvalue weighted by Crippen LogP contribution is -2.46. The molecular formula is C10H20N2O. The van der Waals surface area contributed by atoms with E-state index in [2.05, 4.69) is 19.2 Å². The number of likely N-dealkylation sites (N-methyl/N-ethyl adjacent to an activating group) is 1. The molecule has 1 N–H and O–H groups in total. The Morgan fingerprint density at radius 1 is 1.54 bits per heavy atom. The standard InChI is InChI=1S/C10H20N2O/c1-4-11-8-9(13)12-7-5-6-10(12,2)3/h11H,4-8H2,1-3H3. The minimum atomic E-state index is 0.0759. The quantitative estimate of drug-likeness (QED) is 0.709. The minimum Gasteiger partial charge on any atom is -0.336 e. The van der Waals surface area contributed by atoms with E-state index in [1.54, 1.807) is 0 Å². The van der Waals surface area contributed by atoms with Gasteiger partial charge in [0.05, 0.1) is 6.54 Å². The second-order valence-electron chi connectivity index (χ2n) is 4.24. The summed E-state index contributed by atoms with van der Waals surface area (Å²) in [6.45, 7) is 8.58. The SMILES string of the molecule is CCNCC(=O)N1CCCC1(C)C. The van der Waals surface area contributed by atoms with Crippen molar-refractivity contribution in [3.05, 3.63) is 0 Å². The Balaban J connectivity index is 2.46. The van der Waals surface area contributed by atoms with Crippen molar-refractivity contribution in [2.75, 3.05) is 19.6 Å². The van der Waals surface area contributed by atoms with Gasteiger partial charge in [0.1, 0.15) is 0 Å². The van der Waals surface area contributed by atoms with Crippen LogP contribution in [0.5, 0.6) is 0 Å². The first-order chi connectivity index (χ1) is 6.08. The van der Waals surface area contributed by atoms with E-state index in [-0.39, 0.29) is 11.4 Å². The molecule has 3 nitrogen and oxygen atoms in total. The Hall–Kier alpha value is -0.570. The zero-order chi connectivity index (χ0) is 9.90. The van der Waals surface area contributed by atoms with Crippen LogP contribution in [-0.4, -0.2) is 36.0 Å². The summed E-state index contributed by atoms with van der Waals surface area (Å²) in [4.78, 5) is 13.7. The Bertz CT molecular complexity index is 189. The lowest BCUT2D eigenvalue weighted by Gasteiger charge is -2.31. The highest BCUT2D eigenvalue weighted by Gasteiger charge is 2.34. The first-order valence-corrected chi connectivity index (χ1v) is 5.09. The van der Waals surface area contributed by atoms with Crippen molar-refractivity contribution in [2.24, 2.45) is 0 Å². The van der Waals surface area contributed by atoms with Gasteiger partial charge < -0.3 is 10.2 Å². The van der Waals surface area contributed by atoms with Crippen molar-refractivity contribution in [2.45, 2.75) is 39.2 Å². The highest BCUT2D eigenvalue weighted by atomic mass is 16.2. The van der Waals surface area contributed by atoms with E-state index >= 15 is 0 Å². The Morgan fingerprint density at radius 2 is 2.23 bits per heavy atom. The van der Waals surface area contributed by atoms with Gasteiger partial charge in [-0.1, -0.05) is 6.92 Å². The third-order valence-corrected chi connectivity index (χ3v) is 2.73. The summed E-state index contributed by atoms with van der Waals surface area (Å²) >= 11 is 0. The van der Waals surface area contributed by atoms with Crippen molar-refractivity contribution < 1.29 is 4.79 Å². The van der Waals surface area contributed by atoms with Crippen LogP contribution in [0.2, 0.25) is 0 Å². The molecule has 76 valence electrons. The summed E-state index contributed by atoms with van der Waals surface area (Å²) in [6.07, 6.45) is 2.27. The highest BCUT2D eigenvalue weighted by molar-refractivity contribution is 5.79. The fourth-order valence-corrected chi connectivity index (χ4v) is 1.90. The average Bonchev–Trinajstić information content (AvgIpc) is 2.41. The van der Waals surface area contributed by atoms with Crippen LogP contribution < -0.4 is 5.32 Å². The van der Waals surface area contributed by atoms with Gasteiger partial charge >= 0.3 is 0 Å². The number of carbonyl (C=O) groups is 1. The van der Waals surface area contributed by atoms with E-state index < -0.39 is 0 Å². The second kappa shape index (κ2) is 4.09. The van der Waals surface area contributed by atoms with Crippen LogP contribution in [-0.2, 0) is 4.79 Å². The first kappa shape index (κ1) is 10.5. The van der Waals surface area contributed by atoms with Crippen LogP contribution in [0.1, 0.15) is 33.6 Å². The monoisotopic (exact) mass is 184 g/mol. The predicted molar refractivity (Wildman–Crippen MR) is 53.6 cm³/mol. The third kappa shape index (κ3) is 2.44. The van der Waals surface area contributed by atoms with Gasteiger partial charge in [-0.3, -0.25) is 4.79 Å². The Kier molecular flexibility index (Phi) is 3.31. The molecule has 1 saturated heterocycles. The molecule has 3 heteroatoms. The van der Waals surface area contributed by atoms with Crippen LogP contribution in [0.15, 0.2) is 0 Å². The number of likely N-dealkylation sites (tertiary alicyclic amines) is 1. The van der Waals surface area contributed by atoms with E-state index in [4.69, 9.17) is 0 Å². The van der Waals surface area contributed by atoms with Crippen molar-refractivity contribution in [3.63, 3.8) is 0 Å². The Morgan fingerprint density at radius 3 is 2.69 bits per heavy atom. The predicted octanol–water partition coefficient (Wildman–Crippen LogP) is 0.997. The molecule has 0 aliphatic carbocycles. The van der Waals surface area contributed by atoms with Crippen LogP contribution in [0.3, 0.4) is 0 Å². The number of hydrogen-bond donors (Lipinski definition) is 1. The topological polar surface area (TPSA) is 32.3 Å². The minimum absolute atomic E-state index is 0.0759.